The van der Waals surface area contributed by atoms with Crippen LogP contribution in [0.5, 0.6) is 5.75 Å². The number of aryl methyl sites for hydroxylation is 1. The molecule has 1 aliphatic heterocycles. The van der Waals surface area contributed by atoms with E-state index in [0.717, 1.165) is 10.2 Å². The van der Waals surface area contributed by atoms with Gasteiger partial charge in [-0.25, -0.2) is 9.97 Å². The van der Waals surface area contributed by atoms with Gasteiger partial charge in [-0.15, -0.1) is 0 Å². The van der Waals surface area contributed by atoms with E-state index in [4.69, 9.17) is 0 Å². The van der Waals surface area contributed by atoms with Gasteiger partial charge in [-0.3, -0.25) is 24.2 Å². The topological polar surface area (TPSA) is 148 Å². The Hall–Kier alpha value is -5.13. The molecule has 2 aromatic carbocycles. The molecule has 2 aromatic heterocycles. The lowest BCUT2D eigenvalue weighted by Gasteiger charge is -2.34. The first-order valence-corrected chi connectivity index (χ1v) is 13.4. The summed E-state index contributed by atoms with van der Waals surface area (Å²) < 4.78 is 1.10. The molecule has 0 unspecified atom stereocenters. The molecule has 5 rings (SSSR count). The number of anilines is 4. The van der Waals surface area contributed by atoms with Crippen LogP contribution in [0.15, 0.2) is 76.6 Å². The number of nitrogens with zero attached hydrogens (tertiary/aromatic N) is 5. The number of amides is 1. The average molecular weight is 557 g/mol. The molecule has 0 radical (unpaired) electrons. The number of aromatic nitrogens is 4. The molecule has 0 spiro atoms. The van der Waals surface area contributed by atoms with E-state index in [2.05, 4.69) is 25.7 Å². The smallest absolute Gasteiger partial charge is 0.290 e. The summed E-state index contributed by atoms with van der Waals surface area (Å²) in [6.45, 7) is 3.92. The van der Waals surface area contributed by atoms with Gasteiger partial charge in [0.15, 0.2) is 5.75 Å². The number of hydrogen-bond donors (Lipinski definition) is 4. The minimum atomic E-state index is -0.562. The van der Waals surface area contributed by atoms with Gasteiger partial charge in [-0.1, -0.05) is 43.3 Å². The molecule has 0 bridgehead atoms. The number of H-pyrrole nitrogens is 1. The van der Waals surface area contributed by atoms with Gasteiger partial charge in [0, 0.05) is 45.6 Å². The second-order valence-corrected chi connectivity index (χ2v) is 9.73. The van der Waals surface area contributed by atoms with Crippen LogP contribution in [0, 0.1) is 0 Å². The summed E-state index contributed by atoms with van der Waals surface area (Å²) in [5.74, 6) is -0.0477. The molecular weight excluding hydrogens is 524 g/mol. The van der Waals surface area contributed by atoms with Gasteiger partial charge in [-0.05, 0) is 30.2 Å². The second kappa shape index (κ2) is 11.9. The highest BCUT2D eigenvalue weighted by molar-refractivity contribution is 5.99. The van der Waals surface area contributed by atoms with Crippen molar-refractivity contribution in [2.75, 3.05) is 41.7 Å². The van der Waals surface area contributed by atoms with Gasteiger partial charge >= 0.3 is 0 Å². The maximum Gasteiger partial charge on any atom is 0.290 e. The van der Waals surface area contributed by atoms with E-state index in [1.54, 1.807) is 35.5 Å². The van der Waals surface area contributed by atoms with Gasteiger partial charge in [0.05, 0.1) is 17.3 Å². The summed E-state index contributed by atoms with van der Waals surface area (Å²) in [4.78, 5) is 51.8. The minimum Gasteiger partial charge on any atom is -0.505 e. The fourth-order valence-corrected chi connectivity index (χ4v) is 4.87. The summed E-state index contributed by atoms with van der Waals surface area (Å²) in [5.41, 5.74) is 0.159. The van der Waals surface area contributed by atoms with Crippen LogP contribution in [0.25, 0.3) is 0 Å². The normalized spacial score (nSPS) is 14.0. The molecule has 1 saturated heterocycles. The first-order chi connectivity index (χ1) is 19.9. The Morgan fingerprint density at radius 2 is 1.68 bits per heavy atom. The van der Waals surface area contributed by atoms with Crippen LogP contribution < -0.4 is 26.7 Å². The van der Waals surface area contributed by atoms with Gasteiger partial charge in [0.2, 0.25) is 5.95 Å². The fourth-order valence-electron chi connectivity index (χ4n) is 4.87. The Morgan fingerprint density at radius 3 is 2.37 bits per heavy atom. The SMILES string of the molecule is CC[C@@H](Nc1c(Nc2cccc(C(=O)N3CCN(c4ncccn4)CC3)c2O)c(=O)[nH]n(C)c1=O)c1ccccc1. The van der Waals surface area contributed by atoms with Crippen molar-refractivity contribution >= 4 is 28.9 Å². The number of benzene rings is 2. The van der Waals surface area contributed by atoms with E-state index < -0.39 is 11.1 Å². The van der Waals surface area contributed by atoms with Crippen LogP contribution in [-0.4, -0.2) is 61.8 Å². The Bertz CT molecular complexity index is 1630. The van der Waals surface area contributed by atoms with E-state index in [1.807, 2.05) is 42.2 Å². The summed E-state index contributed by atoms with van der Waals surface area (Å²) in [5, 5.41) is 19.8. The highest BCUT2D eigenvalue weighted by Crippen LogP contribution is 2.33. The second-order valence-electron chi connectivity index (χ2n) is 9.73. The molecule has 3 heterocycles. The maximum atomic E-state index is 13.4. The number of piperazine rings is 1. The van der Waals surface area contributed by atoms with Gasteiger partial charge < -0.3 is 25.5 Å². The van der Waals surface area contributed by atoms with Crippen LogP contribution in [0.4, 0.5) is 23.0 Å². The predicted octanol–water partition coefficient (Wildman–Crippen LogP) is 2.84. The quantitative estimate of drug-likeness (QED) is 0.240. The van der Waals surface area contributed by atoms with Gasteiger partial charge in [-0.2, -0.15) is 0 Å². The molecule has 12 nitrogen and oxygen atoms in total. The molecule has 1 amide bonds. The zero-order valence-corrected chi connectivity index (χ0v) is 22.9. The highest BCUT2D eigenvalue weighted by Gasteiger charge is 2.26. The minimum absolute atomic E-state index is 0.0566. The Kier molecular flexibility index (Phi) is 7.99. The zero-order valence-electron chi connectivity index (χ0n) is 22.9. The van der Waals surface area contributed by atoms with E-state index in [1.165, 1.54) is 13.1 Å². The lowest BCUT2D eigenvalue weighted by Crippen LogP contribution is -2.49. The number of rotatable bonds is 8. The number of phenols is 1. The van der Waals surface area contributed by atoms with Crippen molar-refractivity contribution in [3.8, 4) is 5.75 Å². The highest BCUT2D eigenvalue weighted by atomic mass is 16.3. The number of aromatic amines is 1. The van der Waals surface area contributed by atoms with E-state index in [-0.39, 0.29) is 40.3 Å². The predicted molar refractivity (Wildman–Crippen MR) is 157 cm³/mol. The molecule has 1 fully saturated rings. The van der Waals surface area contributed by atoms with E-state index in [0.29, 0.717) is 38.5 Å². The first-order valence-electron chi connectivity index (χ1n) is 13.4. The number of carbonyl (C=O) groups excluding carboxylic acids is 1. The maximum absolute atomic E-state index is 13.4. The summed E-state index contributed by atoms with van der Waals surface area (Å²) >= 11 is 0. The fraction of sp³-hybridized carbons (Fsp3) is 0.276. The summed E-state index contributed by atoms with van der Waals surface area (Å²) in [6.07, 6.45) is 4.00. The lowest BCUT2D eigenvalue weighted by atomic mass is 10.0. The van der Waals surface area contributed by atoms with Crippen LogP contribution in [-0.2, 0) is 7.05 Å². The van der Waals surface area contributed by atoms with Crippen molar-refractivity contribution in [3.63, 3.8) is 0 Å². The molecule has 0 aliphatic carbocycles. The number of aromatic hydroxyl groups is 1. The number of carbonyl (C=O) groups is 1. The Balaban J connectivity index is 1.40. The van der Waals surface area contributed by atoms with Crippen LogP contribution in [0.2, 0.25) is 0 Å². The molecule has 4 N–H and O–H groups in total. The number of para-hydroxylation sites is 1. The van der Waals surface area contributed by atoms with Gasteiger partial charge in [0.25, 0.3) is 17.0 Å². The number of nitrogens with one attached hydrogen (secondary N) is 3. The van der Waals surface area contributed by atoms with Crippen molar-refractivity contribution < 1.29 is 9.90 Å². The molecule has 1 atom stereocenters. The van der Waals surface area contributed by atoms with Crippen LogP contribution in [0.3, 0.4) is 0 Å². The van der Waals surface area contributed by atoms with Gasteiger partial charge in [0.1, 0.15) is 11.4 Å². The third-order valence-electron chi connectivity index (χ3n) is 7.12. The number of phenolic OH excluding ortho intramolecular Hbond substituents is 1. The largest absolute Gasteiger partial charge is 0.505 e. The van der Waals surface area contributed by atoms with Crippen molar-refractivity contribution in [2.45, 2.75) is 19.4 Å². The van der Waals surface area contributed by atoms with E-state index >= 15 is 0 Å². The molecule has 12 heteroatoms. The van der Waals surface area contributed by atoms with Crippen molar-refractivity contribution in [2.24, 2.45) is 7.05 Å². The molecule has 0 saturated carbocycles. The molecule has 212 valence electrons. The zero-order chi connectivity index (χ0) is 28.9. The van der Waals surface area contributed by atoms with Crippen molar-refractivity contribution in [3.05, 3.63) is 98.8 Å². The molecule has 41 heavy (non-hydrogen) atoms. The average Bonchev–Trinajstić information content (AvgIpc) is 3.01. The Labute approximate surface area is 236 Å². The molecule has 4 aromatic rings. The Morgan fingerprint density at radius 1 is 0.976 bits per heavy atom. The standard InChI is InChI=1S/C29H32N8O4/c1-3-21(19-9-5-4-6-10-19)32-24-23(26(39)34-35(2)28(24)41)33-22-12-7-11-20(25(22)38)27(40)36-15-17-37(18-16-36)29-30-13-8-14-31-29/h4-14,21,32-33,38H,3,15-18H2,1-2H3,(H,34,39)/t21-/m1/s1. The lowest BCUT2D eigenvalue weighted by molar-refractivity contribution is 0.0743. The molecular formula is C29H32N8O4. The van der Waals surface area contributed by atoms with Crippen molar-refractivity contribution in [1.29, 1.82) is 0 Å². The summed E-state index contributed by atoms with van der Waals surface area (Å²) in [6, 6.07) is 15.8. The first kappa shape index (κ1) is 27.4. The van der Waals surface area contributed by atoms with Crippen LogP contribution in [0.1, 0.15) is 35.3 Å². The third kappa shape index (κ3) is 5.76. The van der Waals surface area contributed by atoms with Crippen molar-refractivity contribution in [1.82, 2.24) is 24.6 Å². The van der Waals surface area contributed by atoms with Crippen LogP contribution >= 0.6 is 0 Å². The van der Waals surface area contributed by atoms with E-state index in [9.17, 15) is 19.5 Å². The summed E-state index contributed by atoms with van der Waals surface area (Å²) in [7, 11) is 1.46. The third-order valence-corrected chi connectivity index (χ3v) is 7.12. The molecule has 1 aliphatic rings. The monoisotopic (exact) mass is 556 g/mol. The number of hydrogen-bond acceptors (Lipinski definition) is 9.